The van der Waals surface area contributed by atoms with E-state index in [1.807, 2.05) is 32.0 Å². The second-order valence-corrected chi connectivity index (χ2v) is 4.51. The van der Waals surface area contributed by atoms with E-state index in [1.165, 1.54) is 5.56 Å². The lowest BCUT2D eigenvalue weighted by Gasteiger charge is -2.17. The summed E-state index contributed by atoms with van der Waals surface area (Å²) in [5.41, 5.74) is 1.18. The second kappa shape index (κ2) is 7.30. The van der Waals surface area contributed by atoms with Crippen LogP contribution in [0, 0.1) is 0 Å². The Morgan fingerprint density at radius 3 is 2.53 bits per heavy atom. The molecule has 0 amide bonds. The number of ether oxygens (including phenoxy) is 2. The van der Waals surface area contributed by atoms with Gasteiger partial charge in [-0.2, -0.15) is 0 Å². The highest BCUT2D eigenvalue weighted by Crippen LogP contribution is 2.19. The third-order valence-corrected chi connectivity index (χ3v) is 2.39. The highest BCUT2D eigenvalue weighted by Gasteiger charge is 2.06. The lowest BCUT2D eigenvalue weighted by molar-refractivity contribution is 0.171. The van der Waals surface area contributed by atoms with Gasteiger partial charge in [-0.15, -0.1) is 0 Å². The Labute approximate surface area is 104 Å². The number of hydrogen-bond donors (Lipinski definition) is 1. The molecule has 0 heterocycles. The summed E-state index contributed by atoms with van der Waals surface area (Å²) in [6.45, 7) is 7.70. The Balaban J connectivity index is 2.57. The normalized spacial score (nSPS) is 12.8. The summed E-state index contributed by atoms with van der Waals surface area (Å²) in [7, 11) is 1.72. The molecule has 1 unspecified atom stereocenters. The minimum Gasteiger partial charge on any atom is -0.491 e. The monoisotopic (exact) mass is 237 g/mol. The number of para-hydroxylation sites is 1. The van der Waals surface area contributed by atoms with Gasteiger partial charge >= 0.3 is 0 Å². The largest absolute Gasteiger partial charge is 0.491 e. The van der Waals surface area contributed by atoms with Gasteiger partial charge in [0, 0.05) is 25.3 Å². The lowest BCUT2D eigenvalue weighted by atomic mass is 10.2. The fourth-order valence-electron chi connectivity index (χ4n) is 1.61. The first-order valence-electron chi connectivity index (χ1n) is 6.10. The van der Waals surface area contributed by atoms with Gasteiger partial charge < -0.3 is 14.8 Å². The molecule has 0 bridgehead atoms. The van der Waals surface area contributed by atoms with E-state index < -0.39 is 0 Å². The summed E-state index contributed by atoms with van der Waals surface area (Å²) < 4.78 is 10.9. The SMILES string of the molecule is COCC(C)NCc1ccccc1OC(C)C. The van der Waals surface area contributed by atoms with Gasteiger partial charge in [0.15, 0.2) is 0 Å². The molecular formula is C14H23NO2. The van der Waals surface area contributed by atoms with E-state index in [2.05, 4.69) is 18.3 Å². The molecule has 0 spiro atoms. The van der Waals surface area contributed by atoms with Crippen LogP contribution in [0.2, 0.25) is 0 Å². The van der Waals surface area contributed by atoms with Gasteiger partial charge in [0.25, 0.3) is 0 Å². The maximum absolute atomic E-state index is 5.77. The van der Waals surface area contributed by atoms with E-state index in [-0.39, 0.29) is 6.10 Å². The summed E-state index contributed by atoms with van der Waals surface area (Å²) >= 11 is 0. The van der Waals surface area contributed by atoms with Crippen LogP contribution in [0.1, 0.15) is 26.3 Å². The zero-order chi connectivity index (χ0) is 12.7. The highest BCUT2D eigenvalue weighted by atomic mass is 16.5. The topological polar surface area (TPSA) is 30.5 Å². The zero-order valence-corrected chi connectivity index (χ0v) is 11.2. The van der Waals surface area contributed by atoms with E-state index in [0.717, 1.165) is 12.3 Å². The summed E-state index contributed by atoms with van der Waals surface area (Å²) in [4.78, 5) is 0. The number of rotatable bonds is 7. The first-order valence-corrected chi connectivity index (χ1v) is 6.10. The van der Waals surface area contributed by atoms with Crippen LogP contribution in [0.4, 0.5) is 0 Å². The molecule has 1 rings (SSSR count). The van der Waals surface area contributed by atoms with Crippen molar-refractivity contribution >= 4 is 0 Å². The van der Waals surface area contributed by atoms with Crippen LogP contribution in [0.5, 0.6) is 5.75 Å². The van der Waals surface area contributed by atoms with Crippen molar-refractivity contribution in [1.29, 1.82) is 0 Å². The minimum atomic E-state index is 0.201. The Bertz CT molecular complexity index is 326. The smallest absolute Gasteiger partial charge is 0.124 e. The van der Waals surface area contributed by atoms with E-state index in [1.54, 1.807) is 7.11 Å². The average Bonchev–Trinajstić information content (AvgIpc) is 2.27. The number of hydrogen-bond acceptors (Lipinski definition) is 3. The van der Waals surface area contributed by atoms with Crippen LogP contribution in [0.3, 0.4) is 0 Å². The van der Waals surface area contributed by atoms with Gasteiger partial charge in [-0.3, -0.25) is 0 Å². The molecule has 1 atom stereocenters. The van der Waals surface area contributed by atoms with Crippen LogP contribution < -0.4 is 10.1 Å². The third-order valence-electron chi connectivity index (χ3n) is 2.39. The molecule has 0 aliphatic carbocycles. The van der Waals surface area contributed by atoms with Gasteiger partial charge in [0.2, 0.25) is 0 Å². The van der Waals surface area contributed by atoms with Gasteiger partial charge in [-0.05, 0) is 26.8 Å². The summed E-state index contributed by atoms with van der Waals surface area (Å²) in [5.74, 6) is 0.958. The van der Waals surface area contributed by atoms with Gasteiger partial charge in [0.05, 0.1) is 12.7 Å². The Kier molecular flexibility index (Phi) is 6.01. The molecular weight excluding hydrogens is 214 g/mol. The van der Waals surface area contributed by atoms with E-state index in [0.29, 0.717) is 12.6 Å². The predicted octanol–water partition coefficient (Wildman–Crippen LogP) is 2.60. The quantitative estimate of drug-likeness (QED) is 0.790. The fourth-order valence-corrected chi connectivity index (χ4v) is 1.61. The molecule has 0 aliphatic heterocycles. The van der Waals surface area contributed by atoms with Crippen LogP contribution in [0.15, 0.2) is 24.3 Å². The van der Waals surface area contributed by atoms with Crippen LogP contribution >= 0.6 is 0 Å². The van der Waals surface area contributed by atoms with E-state index >= 15 is 0 Å². The van der Waals surface area contributed by atoms with Crippen molar-refractivity contribution in [3.8, 4) is 5.75 Å². The molecule has 3 heteroatoms. The van der Waals surface area contributed by atoms with Crippen molar-refractivity contribution in [3.05, 3.63) is 29.8 Å². The Hall–Kier alpha value is -1.06. The molecule has 0 aliphatic rings. The van der Waals surface area contributed by atoms with Crippen molar-refractivity contribution in [2.75, 3.05) is 13.7 Å². The van der Waals surface area contributed by atoms with E-state index in [4.69, 9.17) is 9.47 Å². The Morgan fingerprint density at radius 1 is 1.18 bits per heavy atom. The second-order valence-electron chi connectivity index (χ2n) is 4.51. The molecule has 1 aromatic carbocycles. The molecule has 17 heavy (non-hydrogen) atoms. The van der Waals surface area contributed by atoms with Crippen molar-refractivity contribution in [2.24, 2.45) is 0 Å². The van der Waals surface area contributed by atoms with Crippen molar-refractivity contribution in [2.45, 2.75) is 39.5 Å². The molecule has 0 saturated heterocycles. The van der Waals surface area contributed by atoms with Gasteiger partial charge in [-0.25, -0.2) is 0 Å². The highest BCUT2D eigenvalue weighted by molar-refractivity contribution is 5.33. The molecule has 3 nitrogen and oxygen atoms in total. The summed E-state index contributed by atoms with van der Waals surface area (Å²) in [6.07, 6.45) is 0.201. The number of nitrogens with one attached hydrogen (secondary N) is 1. The molecule has 0 aromatic heterocycles. The van der Waals surface area contributed by atoms with Crippen molar-refractivity contribution in [1.82, 2.24) is 5.32 Å². The summed E-state index contributed by atoms with van der Waals surface area (Å²) in [6, 6.07) is 8.47. The maximum atomic E-state index is 5.77. The molecule has 1 N–H and O–H groups in total. The molecule has 96 valence electrons. The predicted molar refractivity (Wildman–Crippen MR) is 70.4 cm³/mol. The first-order chi connectivity index (χ1) is 8.13. The zero-order valence-electron chi connectivity index (χ0n) is 11.2. The van der Waals surface area contributed by atoms with Crippen molar-refractivity contribution in [3.63, 3.8) is 0 Å². The average molecular weight is 237 g/mol. The standard InChI is InChI=1S/C14H23NO2/c1-11(2)17-14-8-6-5-7-13(14)9-15-12(3)10-16-4/h5-8,11-12,15H,9-10H2,1-4H3. The number of benzene rings is 1. The molecule has 0 saturated carbocycles. The summed E-state index contributed by atoms with van der Waals surface area (Å²) in [5, 5.41) is 3.41. The molecule has 0 fully saturated rings. The van der Waals surface area contributed by atoms with Crippen LogP contribution in [0.25, 0.3) is 0 Å². The molecule has 1 aromatic rings. The van der Waals surface area contributed by atoms with Crippen LogP contribution in [-0.4, -0.2) is 25.9 Å². The first kappa shape index (κ1) is 14.0. The van der Waals surface area contributed by atoms with Gasteiger partial charge in [-0.1, -0.05) is 18.2 Å². The van der Waals surface area contributed by atoms with Crippen molar-refractivity contribution < 1.29 is 9.47 Å². The van der Waals surface area contributed by atoms with Crippen LogP contribution in [-0.2, 0) is 11.3 Å². The fraction of sp³-hybridized carbons (Fsp3) is 0.571. The van der Waals surface area contributed by atoms with E-state index in [9.17, 15) is 0 Å². The Morgan fingerprint density at radius 2 is 1.88 bits per heavy atom. The lowest BCUT2D eigenvalue weighted by Crippen LogP contribution is -2.29. The molecule has 0 radical (unpaired) electrons. The maximum Gasteiger partial charge on any atom is 0.124 e. The minimum absolute atomic E-state index is 0.201. The van der Waals surface area contributed by atoms with Gasteiger partial charge in [0.1, 0.15) is 5.75 Å². The third kappa shape index (κ3) is 5.20. The number of methoxy groups -OCH3 is 1.